The molecule has 3 N–H and O–H groups in total. The lowest BCUT2D eigenvalue weighted by Crippen LogP contribution is -2.17. The second-order valence-corrected chi connectivity index (χ2v) is 9.79. The Kier molecular flexibility index (Phi) is 5.74. The summed E-state index contributed by atoms with van der Waals surface area (Å²) in [5, 5.41) is 6.82. The summed E-state index contributed by atoms with van der Waals surface area (Å²) in [6.07, 6.45) is 7.38. The highest BCUT2D eigenvalue weighted by atomic mass is 16.1. The molecule has 1 amide bonds. The minimum atomic E-state index is -0.468. The second kappa shape index (κ2) is 9.71. The van der Waals surface area contributed by atoms with Crippen LogP contribution in [0.3, 0.4) is 0 Å². The number of fused-ring (bicyclic) bond motifs is 4. The van der Waals surface area contributed by atoms with Gasteiger partial charge in [0.2, 0.25) is 0 Å². The van der Waals surface area contributed by atoms with Crippen molar-refractivity contribution in [2.75, 3.05) is 11.9 Å². The van der Waals surface area contributed by atoms with Crippen LogP contribution in [-0.2, 0) is 6.54 Å². The first-order valence-electron chi connectivity index (χ1n) is 13.2. The Morgan fingerprint density at radius 2 is 1.75 bits per heavy atom. The Balaban J connectivity index is 1.39. The summed E-state index contributed by atoms with van der Waals surface area (Å²) in [4.78, 5) is 21.1. The van der Waals surface area contributed by atoms with E-state index in [1.165, 1.54) is 0 Å². The van der Waals surface area contributed by atoms with Gasteiger partial charge in [-0.3, -0.25) is 9.78 Å². The van der Waals surface area contributed by atoms with Crippen molar-refractivity contribution in [3.63, 3.8) is 0 Å². The topological polar surface area (TPSA) is 90.8 Å². The van der Waals surface area contributed by atoms with E-state index in [-0.39, 0.29) is 0 Å². The van der Waals surface area contributed by atoms with Gasteiger partial charge in [-0.25, -0.2) is 4.98 Å². The van der Waals surface area contributed by atoms with Gasteiger partial charge < -0.3 is 20.2 Å². The van der Waals surface area contributed by atoms with E-state index in [1.807, 2.05) is 47.3 Å². The third-order valence-corrected chi connectivity index (χ3v) is 7.37. The van der Waals surface area contributed by atoms with Crippen molar-refractivity contribution in [1.82, 2.24) is 19.1 Å². The number of pyridine rings is 1. The number of rotatable bonds is 7. The molecule has 40 heavy (non-hydrogen) atoms. The van der Waals surface area contributed by atoms with E-state index in [9.17, 15) is 4.79 Å². The number of para-hydroxylation sites is 2. The molecule has 0 radical (unpaired) electrons. The second-order valence-electron chi connectivity index (χ2n) is 9.79. The average Bonchev–Trinajstić information content (AvgIpc) is 3.63. The van der Waals surface area contributed by atoms with Gasteiger partial charge >= 0.3 is 0 Å². The number of amides is 1. The highest BCUT2D eigenvalue weighted by molar-refractivity contribution is 6.16. The maximum Gasteiger partial charge on any atom is 0.250 e. The molecule has 3 heterocycles. The highest BCUT2D eigenvalue weighted by Gasteiger charge is 2.18. The lowest BCUT2D eigenvalue weighted by molar-refractivity contribution is 0.100. The Bertz CT molecular complexity index is 2020. The number of carbonyl (C=O) groups is 1. The van der Waals surface area contributed by atoms with Crippen LogP contribution < -0.4 is 11.1 Å². The smallest absolute Gasteiger partial charge is 0.250 e. The number of nitrogens with one attached hydrogen (secondary N) is 1. The molecular weight excluding hydrogens is 496 g/mol. The molecule has 0 atom stereocenters. The van der Waals surface area contributed by atoms with Crippen LogP contribution in [0.15, 0.2) is 116 Å². The van der Waals surface area contributed by atoms with E-state index in [0.717, 1.165) is 49.5 Å². The summed E-state index contributed by atoms with van der Waals surface area (Å²) < 4.78 is 4.23. The molecule has 0 unspecified atom stereocenters. The lowest BCUT2D eigenvalue weighted by atomic mass is 9.99. The number of anilines is 1. The molecule has 3 aromatic heterocycles. The molecule has 0 aliphatic rings. The SMILES string of the molecule is NC(=O)c1ccc(-n2c3ccccc3c3c(-c4cnc5ccccc5c4)cccc32)cc1NCCn1ccnc1. The molecular formula is C33H26N6O. The van der Waals surface area contributed by atoms with Crippen LogP contribution in [0.1, 0.15) is 10.4 Å². The standard InChI is InChI=1S/C33H26N6O/c34-33(40)26-13-12-24(19-29(26)36-15-17-38-16-14-35-21-38)39-30-10-4-2-7-27(30)32-25(8-5-11-31(32)39)23-18-22-6-1-3-9-28(22)37-20-23/h1-14,16,18-21,36H,15,17H2,(H2,34,40). The van der Waals surface area contributed by atoms with Crippen molar-refractivity contribution in [2.24, 2.45) is 5.73 Å². The van der Waals surface area contributed by atoms with Crippen LogP contribution >= 0.6 is 0 Å². The van der Waals surface area contributed by atoms with Gasteiger partial charge in [-0.15, -0.1) is 0 Å². The van der Waals surface area contributed by atoms with Gasteiger partial charge in [0.1, 0.15) is 0 Å². The van der Waals surface area contributed by atoms with Crippen molar-refractivity contribution < 1.29 is 4.79 Å². The number of imidazole rings is 1. The van der Waals surface area contributed by atoms with Crippen LogP contribution in [0.4, 0.5) is 5.69 Å². The molecule has 0 aliphatic heterocycles. The van der Waals surface area contributed by atoms with Crippen molar-refractivity contribution in [3.8, 4) is 16.8 Å². The highest BCUT2D eigenvalue weighted by Crippen LogP contribution is 2.39. The number of hydrogen-bond donors (Lipinski definition) is 2. The molecule has 0 saturated heterocycles. The fraction of sp³-hybridized carbons (Fsp3) is 0.0606. The maximum atomic E-state index is 12.3. The fourth-order valence-corrected chi connectivity index (χ4v) is 5.53. The number of nitrogens with two attached hydrogens (primary N) is 1. The number of hydrogen-bond acceptors (Lipinski definition) is 4. The minimum absolute atomic E-state index is 0.457. The normalized spacial score (nSPS) is 11.4. The molecule has 0 aliphatic carbocycles. The third kappa shape index (κ3) is 4.05. The number of carbonyl (C=O) groups excluding carboxylic acids is 1. The van der Waals surface area contributed by atoms with Gasteiger partial charge in [-0.1, -0.05) is 48.5 Å². The molecule has 0 fully saturated rings. The quantitative estimate of drug-likeness (QED) is 0.253. The van der Waals surface area contributed by atoms with Gasteiger partial charge in [0.15, 0.2) is 0 Å². The molecule has 4 aromatic carbocycles. The minimum Gasteiger partial charge on any atom is -0.383 e. The predicted octanol–water partition coefficient (Wildman–Crippen LogP) is 6.41. The van der Waals surface area contributed by atoms with Gasteiger partial charge in [-0.2, -0.15) is 0 Å². The summed E-state index contributed by atoms with van der Waals surface area (Å²) in [7, 11) is 0. The average molecular weight is 523 g/mol. The van der Waals surface area contributed by atoms with Crippen LogP contribution in [0, 0.1) is 0 Å². The number of primary amides is 1. The van der Waals surface area contributed by atoms with Crippen molar-refractivity contribution in [3.05, 3.63) is 121 Å². The molecule has 7 heteroatoms. The lowest BCUT2D eigenvalue weighted by Gasteiger charge is -2.15. The number of aromatic nitrogens is 4. The first-order valence-corrected chi connectivity index (χ1v) is 13.2. The van der Waals surface area contributed by atoms with Gasteiger partial charge in [0.25, 0.3) is 5.91 Å². The fourth-order valence-electron chi connectivity index (χ4n) is 5.53. The predicted molar refractivity (Wildman–Crippen MR) is 161 cm³/mol. The summed E-state index contributed by atoms with van der Waals surface area (Å²) in [6.45, 7) is 1.33. The summed E-state index contributed by atoms with van der Waals surface area (Å²) in [6, 6.07) is 30.9. The van der Waals surface area contributed by atoms with E-state index < -0.39 is 5.91 Å². The van der Waals surface area contributed by atoms with Crippen molar-refractivity contribution in [1.29, 1.82) is 0 Å². The van der Waals surface area contributed by atoms with Gasteiger partial charge in [0, 0.05) is 64.8 Å². The number of nitrogens with zero attached hydrogens (tertiary/aromatic N) is 4. The van der Waals surface area contributed by atoms with E-state index in [0.29, 0.717) is 24.3 Å². The van der Waals surface area contributed by atoms with Crippen molar-refractivity contribution >= 4 is 44.3 Å². The Morgan fingerprint density at radius 3 is 2.62 bits per heavy atom. The van der Waals surface area contributed by atoms with Crippen LogP contribution in [0.25, 0.3) is 49.5 Å². The Labute approximate surface area is 230 Å². The van der Waals surface area contributed by atoms with Gasteiger partial charge in [0.05, 0.1) is 28.4 Å². The summed E-state index contributed by atoms with van der Waals surface area (Å²) >= 11 is 0. The van der Waals surface area contributed by atoms with E-state index in [2.05, 4.69) is 69.5 Å². The Hall–Kier alpha value is -5.43. The van der Waals surface area contributed by atoms with E-state index in [1.54, 1.807) is 18.6 Å². The molecule has 0 saturated carbocycles. The molecule has 7 rings (SSSR count). The van der Waals surface area contributed by atoms with Crippen molar-refractivity contribution in [2.45, 2.75) is 6.54 Å². The third-order valence-electron chi connectivity index (χ3n) is 7.37. The number of benzene rings is 4. The van der Waals surface area contributed by atoms with Crippen LogP contribution in [0.5, 0.6) is 0 Å². The Morgan fingerprint density at radius 1 is 0.900 bits per heavy atom. The van der Waals surface area contributed by atoms with Gasteiger partial charge in [-0.05, 0) is 48.0 Å². The maximum absolute atomic E-state index is 12.3. The van der Waals surface area contributed by atoms with Crippen LogP contribution in [-0.4, -0.2) is 31.6 Å². The molecule has 0 bridgehead atoms. The molecule has 7 nitrogen and oxygen atoms in total. The first kappa shape index (κ1) is 23.7. The summed E-state index contributed by atoms with van der Waals surface area (Å²) in [5.74, 6) is -0.468. The molecule has 194 valence electrons. The van der Waals surface area contributed by atoms with Crippen LogP contribution in [0.2, 0.25) is 0 Å². The largest absolute Gasteiger partial charge is 0.383 e. The zero-order valence-corrected chi connectivity index (χ0v) is 21.7. The monoisotopic (exact) mass is 522 g/mol. The van der Waals surface area contributed by atoms with E-state index in [4.69, 9.17) is 10.7 Å². The molecule has 7 aromatic rings. The van der Waals surface area contributed by atoms with E-state index >= 15 is 0 Å². The summed E-state index contributed by atoms with van der Waals surface area (Å²) in [5.41, 5.74) is 13.2. The zero-order chi connectivity index (χ0) is 27.1. The molecule has 0 spiro atoms. The first-order chi connectivity index (χ1) is 19.7. The zero-order valence-electron chi connectivity index (χ0n) is 21.7.